The average Bonchev–Trinajstić information content (AvgIpc) is 2.46. The van der Waals surface area contributed by atoms with Gasteiger partial charge in [0.15, 0.2) is 0 Å². The lowest BCUT2D eigenvalue weighted by Crippen LogP contribution is -1.85. The van der Waals surface area contributed by atoms with Gasteiger partial charge in [0.25, 0.3) is 0 Å². The molecule has 0 atom stereocenters. The van der Waals surface area contributed by atoms with Crippen molar-refractivity contribution in [1.29, 1.82) is 0 Å². The van der Waals surface area contributed by atoms with Gasteiger partial charge in [-0.15, -0.1) is 6.42 Å². The normalized spacial score (nSPS) is 9.11. The van der Waals surface area contributed by atoms with Gasteiger partial charge in [0.05, 0.1) is 7.11 Å². The van der Waals surface area contributed by atoms with E-state index in [1.807, 2.05) is 49.4 Å². The van der Waals surface area contributed by atoms with Crippen molar-refractivity contribution in [3.63, 3.8) is 0 Å². The molecule has 0 aliphatic rings. The highest BCUT2D eigenvalue weighted by molar-refractivity contribution is 5.53. The highest BCUT2D eigenvalue weighted by atomic mass is 16.5. The molecular weight excluding hydrogens is 232 g/mol. The van der Waals surface area contributed by atoms with Crippen molar-refractivity contribution in [3.8, 4) is 29.9 Å². The summed E-state index contributed by atoms with van der Waals surface area (Å²) in [6.07, 6.45) is 5.47. The minimum atomic E-state index is 0.824. The van der Waals surface area contributed by atoms with Crippen LogP contribution in [0.1, 0.15) is 22.3 Å². The molecule has 0 fully saturated rings. The number of hydrogen-bond donors (Lipinski definition) is 0. The summed E-state index contributed by atoms with van der Waals surface area (Å²) in [5, 5.41) is 0. The molecule has 1 nitrogen and oxygen atoms in total. The molecule has 0 saturated heterocycles. The fourth-order valence-electron chi connectivity index (χ4n) is 1.70. The Kier molecular flexibility index (Phi) is 3.91. The molecule has 2 rings (SSSR count). The third-order valence-electron chi connectivity index (χ3n) is 2.76. The molecule has 19 heavy (non-hydrogen) atoms. The first-order chi connectivity index (χ1) is 9.22. The second-order valence-electron chi connectivity index (χ2n) is 4.17. The molecule has 0 aromatic heterocycles. The van der Waals surface area contributed by atoms with Gasteiger partial charge in [0.1, 0.15) is 5.75 Å². The zero-order valence-corrected chi connectivity index (χ0v) is 11.0. The maximum Gasteiger partial charge on any atom is 0.118 e. The first-order valence-electron chi connectivity index (χ1n) is 5.96. The van der Waals surface area contributed by atoms with Crippen molar-refractivity contribution in [3.05, 3.63) is 64.7 Å². The zero-order chi connectivity index (χ0) is 13.7. The third kappa shape index (κ3) is 3.18. The predicted octanol–water partition coefficient (Wildman–Crippen LogP) is 3.38. The Bertz CT molecular complexity index is 676. The fraction of sp³-hybridized carbons (Fsp3) is 0.111. The zero-order valence-electron chi connectivity index (χ0n) is 11.0. The van der Waals surface area contributed by atoms with Gasteiger partial charge >= 0.3 is 0 Å². The summed E-state index contributed by atoms with van der Waals surface area (Å²) in [7, 11) is 1.65. The minimum Gasteiger partial charge on any atom is -0.497 e. The summed E-state index contributed by atoms with van der Waals surface area (Å²) >= 11 is 0. The summed E-state index contributed by atoms with van der Waals surface area (Å²) in [4.78, 5) is 0. The van der Waals surface area contributed by atoms with Crippen LogP contribution in [0.15, 0.2) is 42.5 Å². The number of aryl methyl sites for hydroxylation is 1. The van der Waals surface area contributed by atoms with E-state index >= 15 is 0 Å². The smallest absolute Gasteiger partial charge is 0.118 e. The minimum absolute atomic E-state index is 0.824. The van der Waals surface area contributed by atoms with E-state index in [1.54, 1.807) is 7.11 Å². The number of benzene rings is 2. The molecular formula is C18H14O. The van der Waals surface area contributed by atoms with Crippen LogP contribution in [0.2, 0.25) is 0 Å². The molecule has 0 N–H and O–H groups in total. The van der Waals surface area contributed by atoms with Gasteiger partial charge in [-0.25, -0.2) is 0 Å². The van der Waals surface area contributed by atoms with E-state index in [0.717, 1.165) is 28.0 Å². The monoisotopic (exact) mass is 246 g/mol. The van der Waals surface area contributed by atoms with Gasteiger partial charge < -0.3 is 4.74 Å². The second-order valence-corrected chi connectivity index (χ2v) is 4.17. The topological polar surface area (TPSA) is 9.23 Å². The van der Waals surface area contributed by atoms with Crippen molar-refractivity contribution in [2.24, 2.45) is 0 Å². The Hall–Kier alpha value is -2.64. The van der Waals surface area contributed by atoms with E-state index in [-0.39, 0.29) is 0 Å². The van der Waals surface area contributed by atoms with Crippen molar-refractivity contribution in [2.75, 3.05) is 7.11 Å². The standard InChI is InChI=1S/C18H14O/c1-4-16-9-5-14(2)13-17(16)10-6-15-7-11-18(19-3)12-8-15/h1,5,7-9,11-13H,2-3H3. The van der Waals surface area contributed by atoms with Gasteiger partial charge in [0, 0.05) is 16.7 Å². The second kappa shape index (κ2) is 5.80. The van der Waals surface area contributed by atoms with Crippen molar-refractivity contribution < 1.29 is 4.74 Å². The number of methoxy groups -OCH3 is 1. The van der Waals surface area contributed by atoms with E-state index in [4.69, 9.17) is 11.2 Å². The summed E-state index contributed by atoms with van der Waals surface area (Å²) in [5.41, 5.74) is 3.80. The number of rotatable bonds is 1. The predicted molar refractivity (Wildman–Crippen MR) is 78.1 cm³/mol. The van der Waals surface area contributed by atoms with Crippen LogP contribution in [0.5, 0.6) is 5.75 Å². The van der Waals surface area contributed by atoms with Crippen molar-refractivity contribution in [2.45, 2.75) is 6.92 Å². The van der Waals surface area contributed by atoms with Crippen LogP contribution < -0.4 is 4.74 Å². The van der Waals surface area contributed by atoms with Crippen LogP contribution in [0.25, 0.3) is 0 Å². The van der Waals surface area contributed by atoms with E-state index in [9.17, 15) is 0 Å². The van der Waals surface area contributed by atoms with E-state index in [2.05, 4.69) is 17.8 Å². The molecule has 0 radical (unpaired) electrons. The molecule has 0 unspecified atom stereocenters. The lowest BCUT2D eigenvalue weighted by Gasteiger charge is -1.99. The molecule has 2 aromatic carbocycles. The lowest BCUT2D eigenvalue weighted by molar-refractivity contribution is 0.415. The Labute approximate surface area is 114 Å². The van der Waals surface area contributed by atoms with Crippen LogP contribution in [-0.2, 0) is 0 Å². The highest BCUT2D eigenvalue weighted by Gasteiger charge is 1.97. The van der Waals surface area contributed by atoms with Gasteiger partial charge in [-0.1, -0.05) is 23.8 Å². The molecule has 0 aliphatic carbocycles. The molecule has 2 aromatic rings. The Balaban J connectivity index is 2.33. The molecule has 92 valence electrons. The summed E-state index contributed by atoms with van der Waals surface area (Å²) in [5.74, 6) is 9.72. The summed E-state index contributed by atoms with van der Waals surface area (Å²) in [6.45, 7) is 2.03. The highest BCUT2D eigenvalue weighted by Crippen LogP contribution is 2.12. The average molecular weight is 246 g/mol. The first kappa shape index (κ1) is 12.8. The summed E-state index contributed by atoms with van der Waals surface area (Å²) in [6, 6.07) is 13.6. The molecule has 0 aliphatic heterocycles. The molecule has 0 bridgehead atoms. The van der Waals surface area contributed by atoms with Crippen LogP contribution >= 0.6 is 0 Å². The Morgan fingerprint density at radius 1 is 0.947 bits per heavy atom. The molecule has 0 saturated carbocycles. The lowest BCUT2D eigenvalue weighted by atomic mass is 10.0. The first-order valence-corrected chi connectivity index (χ1v) is 5.96. The third-order valence-corrected chi connectivity index (χ3v) is 2.76. The Morgan fingerprint density at radius 2 is 1.68 bits per heavy atom. The maximum atomic E-state index is 5.47. The van der Waals surface area contributed by atoms with Crippen LogP contribution in [-0.4, -0.2) is 7.11 Å². The quantitative estimate of drug-likeness (QED) is 0.701. The molecule has 0 spiro atoms. The van der Waals surface area contributed by atoms with E-state index in [0.29, 0.717) is 0 Å². The Morgan fingerprint density at radius 3 is 2.32 bits per heavy atom. The molecule has 0 heterocycles. The number of terminal acetylenes is 1. The number of ether oxygens (including phenoxy) is 1. The van der Waals surface area contributed by atoms with Crippen LogP contribution in [0.4, 0.5) is 0 Å². The molecule has 1 heteroatoms. The fourth-order valence-corrected chi connectivity index (χ4v) is 1.70. The maximum absolute atomic E-state index is 5.47. The summed E-state index contributed by atoms with van der Waals surface area (Å²) < 4.78 is 5.11. The van der Waals surface area contributed by atoms with Crippen LogP contribution in [0.3, 0.4) is 0 Å². The largest absolute Gasteiger partial charge is 0.497 e. The SMILES string of the molecule is C#Cc1ccc(C)cc1C#Cc1ccc(OC)cc1. The van der Waals surface area contributed by atoms with Crippen molar-refractivity contribution in [1.82, 2.24) is 0 Å². The van der Waals surface area contributed by atoms with Gasteiger partial charge in [-0.05, 0) is 48.9 Å². The van der Waals surface area contributed by atoms with E-state index in [1.165, 1.54) is 0 Å². The van der Waals surface area contributed by atoms with Gasteiger partial charge in [0.2, 0.25) is 0 Å². The van der Waals surface area contributed by atoms with Crippen molar-refractivity contribution >= 4 is 0 Å². The van der Waals surface area contributed by atoms with E-state index < -0.39 is 0 Å². The molecule has 0 amide bonds. The van der Waals surface area contributed by atoms with Crippen LogP contribution in [0, 0.1) is 31.1 Å². The number of hydrogen-bond acceptors (Lipinski definition) is 1. The van der Waals surface area contributed by atoms with Gasteiger partial charge in [-0.3, -0.25) is 0 Å². The van der Waals surface area contributed by atoms with Gasteiger partial charge in [-0.2, -0.15) is 0 Å².